The molecule has 0 amide bonds. The van der Waals surface area contributed by atoms with Crippen LogP contribution in [0.3, 0.4) is 0 Å². The molecule has 5 nitrogen and oxygen atoms in total. The molecule has 2 N–H and O–H groups in total. The van der Waals surface area contributed by atoms with Crippen LogP contribution in [0.1, 0.15) is 18.4 Å². The maximum absolute atomic E-state index is 10.8. The highest BCUT2D eigenvalue weighted by molar-refractivity contribution is 9.10. The Morgan fingerprint density at radius 3 is 2.94 bits per heavy atom. The Hall–Kier alpha value is -0.980. The molecule has 1 aromatic carbocycles. The third-order valence-electron chi connectivity index (χ3n) is 3.10. The van der Waals surface area contributed by atoms with Crippen LogP contribution in [0.5, 0.6) is 0 Å². The molecule has 2 rings (SSSR count). The van der Waals surface area contributed by atoms with Gasteiger partial charge in [0, 0.05) is 35.7 Å². The van der Waals surface area contributed by atoms with Gasteiger partial charge in [-0.15, -0.1) is 0 Å². The van der Waals surface area contributed by atoms with Crippen LogP contribution in [0.15, 0.2) is 22.7 Å². The van der Waals surface area contributed by atoms with Crippen LogP contribution < -0.4 is 5.73 Å². The number of benzene rings is 1. The van der Waals surface area contributed by atoms with Crippen molar-refractivity contribution in [1.82, 2.24) is 4.90 Å². The van der Waals surface area contributed by atoms with Gasteiger partial charge < -0.3 is 5.73 Å². The van der Waals surface area contributed by atoms with Crippen LogP contribution >= 0.6 is 15.9 Å². The third-order valence-corrected chi connectivity index (χ3v) is 3.56. The van der Waals surface area contributed by atoms with Crippen molar-refractivity contribution in [3.63, 3.8) is 0 Å². The summed E-state index contributed by atoms with van der Waals surface area (Å²) in [6, 6.07) is 5.30. The molecule has 0 saturated carbocycles. The molecular weight excluding hydrogens is 298 g/mol. The molecule has 1 atom stereocenters. The first-order valence-electron chi connectivity index (χ1n) is 5.96. The summed E-state index contributed by atoms with van der Waals surface area (Å²) in [5, 5.41) is 10.8. The number of nitrogens with zero attached hydrogens (tertiary/aromatic N) is 2. The Kier molecular flexibility index (Phi) is 4.31. The summed E-state index contributed by atoms with van der Waals surface area (Å²) in [7, 11) is 0. The van der Waals surface area contributed by atoms with Gasteiger partial charge in [0.2, 0.25) is 0 Å². The molecule has 0 spiro atoms. The Morgan fingerprint density at radius 1 is 1.50 bits per heavy atom. The van der Waals surface area contributed by atoms with Crippen LogP contribution in [0, 0.1) is 10.1 Å². The van der Waals surface area contributed by atoms with Gasteiger partial charge in [-0.2, -0.15) is 0 Å². The molecule has 98 valence electrons. The van der Waals surface area contributed by atoms with Crippen molar-refractivity contribution in [2.24, 2.45) is 5.73 Å². The summed E-state index contributed by atoms with van der Waals surface area (Å²) >= 11 is 3.31. The summed E-state index contributed by atoms with van der Waals surface area (Å²) < 4.78 is 0.744. The number of nitrogens with two attached hydrogens (primary N) is 1. The van der Waals surface area contributed by atoms with E-state index >= 15 is 0 Å². The zero-order valence-corrected chi connectivity index (χ0v) is 11.6. The van der Waals surface area contributed by atoms with Gasteiger partial charge in [-0.25, -0.2) is 0 Å². The topological polar surface area (TPSA) is 72.4 Å². The molecule has 1 heterocycles. The number of halogens is 1. The minimum atomic E-state index is -0.365. The molecule has 1 fully saturated rings. The number of nitro groups is 1. The normalized spacial score (nSPS) is 20.9. The van der Waals surface area contributed by atoms with Crippen LogP contribution in [0.2, 0.25) is 0 Å². The first kappa shape index (κ1) is 13.5. The molecule has 1 aliphatic heterocycles. The van der Waals surface area contributed by atoms with Crippen molar-refractivity contribution in [1.29, 1.82) is 0 Å². The lowest BCUT2D eigenvalue weighted by molar-refractivity contribution is -0.385. The highest BCUT2D eigenvalue weighted by atomic mass is 79.9. The molecule has 1 saturated heterocycles. The second-order valence-corrected chi connectivity index (χ2v) is 5.63. The fraction of sp³-hybridized carbons (Fsp3) is 0.500. The average Bonchev–Trinajstić information content (AvgIpc) is 2.28. The van der Waals surface area contributed by atoms with Crippen molar-refractivity contribution >= 4 is 21.6 Å². The number of rotatable bonds is 3. The lowest BCUT2D eigenvalue weighted by atomic mass is 10.1. The second-order valence-electron chi connectivity index (χ2n) is 4.71. The van der Waals surface area contributed by atoms with Crippen molar-refractivity contribution in [2.75, 3.05) is 13.1 Å². The zero-order valence-electron chi connectivity index (χ0n) is 10.0. The van der Waals surface area contributed by atoms with Crippen molar-refractivity contribution < 1.29 is 4.92 Å². The van der Waals surface area contributed by atoms with Gasteiger partial charge in [0.1, 0.15) is 0 Å². The molecule has 0 aromatic heterocycles. The second kappa shape index (κ2) is 5.77. The lowest BCUT2D eigenvalue weighted by Crippen LogP contribution is -2.42. The fourth-order valence-corrected chi connectivity index (χ4v) is 2.85. The van der Waals surface area contributed by atoms with E-state index in [4.69, 9.17) is 5.73 Å². The first-order chi connectivity index (χ1) is 8.54. The monoisotopic (exact) mass is 313 g/mol. The smallest absolute Gasteiger partial charge is 0.270 e. The summed E-state index contributed by atoms with van der Waals surface area (Å²) in [5.41, 5.74) is 7.00. The minimum Gasteiger partial charge on any atom is -0.327 e. The van der Waals surface area contributed by atoms with Crippen LogP contribution in [-0.4, -0.2) is 29.0 Å². The van der Waals surface area contributed by atoms with Crippen molar-refractivity contribution in [2.45, 2.75) is 25.4 Å². The van der Waals surface area contributed by atoms with Gasteiger partial charge >= 0.3 is 0 Å². The van der Waals surface area contributed by atoms with E-state index in [1.165, 1.54) is 6.07 Å². The molecule has 18 heavy (non-hydrogen) atoms. The summed E-state index contributed by atoms with van der Waals surface area (Å²) in [5.74, 6) is 0. The predicted molar refractivity (Wildman–Crippen MR) is 73.3 cm³/mol. The number of piperidine rings is 1. The predicted octanol–water partition coefficient (Wildman–Crippen LogP) is 2.28. The summed E-state index contributed by atoms with van der Waals surface area (Å²) in [6.45, 7) is 2.59. The van der Waals surface area contributed by atoms with Gasteiger partial charge in [0.25, 0.3) is 5.69 Å². The molecule has 0 bridgehead atoms. The Balaban J connectivity index is 2.10. The number of non-ortho nitro benzene ring substituents is 1. The Bertz CT molecular complexity index is 453. The van der Waals surface area contributed by atoms with Crippen LogP contribution in [-0.2, 0) is 6.54 Å². The number of nitro benzene ring substituents is 1. The van der Waals surface area contributed by atoms with E-state index in [1.54, 1.807) is 6.07 Å². The number of hydrogen-bond donors (Lipinski definition) is 1. The zero-order chi connectivity index (χ0) is 13.1. The van der Waals surface area contributed by atoms with Gasteiger partial charge in [-0.05, 0) is 31.0 Å². The van der Waals surface area contributed by atoms with Gasteiger partial charge in [-0.1, -0.05) is 15.9 Å². The molecule has 1 unspecified atom stereocenters. The first-order valence-corrected chi connectivity index (χ1v) is 6.75. The van der Waals surface area contributed by atoms with E-state index in [-0.39, 0.29) is 16.7 Å². The van der Waals surface area contributed by atoms with Crippen molar-refractivity contribution in [3.05, 3.63) is 38.3 Å². The highest BCUT2D eigenvalue weighted by Crippen LogP contribution is 2.23. The molecule has 0 aliphatic carbocycles. The van der Waals surface area contributed by atoms with E-state index in [2.05, 4.69) is 20.8 Å². The van der Waals surface area contributed by atoms with E-state index in [9.17, 15) is 10.1 Å². The van der Waals surface area contributed by atoms with Crippen LogP contribution in [0.4, 0.5) is 5.69 Å². The van der Waals surface area contributed by atoms with E-state index in [1.807, 2.05) is 6.07 Å². The van der Waals surface area contributed by atoms with Gasteiger partial charge in [0.05, 0.1) is 4.92 Å². The summed E-state index contributed by atoms with van der Waals surface area (Å²) in [4.78, 5) is 12.7. The minimum absolute atomic E-state index is 0.126. The highest BCUT2D eigenvalue weighted by Gasteiger charge is 2.17. The van der Waals surface area contributed by atoms with E-state index < -0.39 is 0 Å². The standard InChI is InChI=1S/C12H16BrN3O2/c13-10-4-9(5-12(6-10)16(17)18)7-15-3-1-2-11(14)8-15/h4-6,11H,1-3,7-8,14H2. The quantitative estimate of drug-likeness (QED) is 0.686. The fourth-order valence-electron chi connectivity index (χ4n) is 2.32. The average molecular weight is 314 g/mol. The molecule has 0 radical (unpaired) electrons. The van der Waals surface area contributed by atoms with Gasteiger partial charge in [0.15, 0.2) is 0 Å². The number of likely N-dealkylation sites (tertiary alicyclic amines) is 1. The SMILES string of the molecule is NC1CCCN(Cc2cc(Br)cc([N+](=O)[O-])c2)C1. The molecule has 1 aliphatic rings. The third kappa shape index (κ3) is 3.51. The molecule has 1 aromatic rings. The Labute approximate surface area is 114 Å². The van der Waals surface area contributed by atoms with Crippen LogP contribution in [0.25, 0.3) is 0 Å². The Morgan fingerprint density at radius 2 is 2.28 bits per heavy atom. The molecule has 6 heteroatoms. The maximum Gasteiger partial charge on any atom is 0.270 e. The number of hydrogen-bond acceptors (Lipinski definition) is 4. The van der Waals surface area contributed by atoms with Crippen molar-refractivity contribution in [3.8, 4) is 0 Å². The largest absolute Gasteiger partial charge is 0.327 e. The van der Waals surface area contributed by atoms with E-state index in [0.717, 1.165) is 36.0 Å². The molecular formula is C12H16BrN3O2. The lowest BCUT2D eigenvalue weighted by Gasteiger charge is -2.30. The van der Waals surface area contributed by atoms with E-state index in [0.29, 0.717) is 6.54 Å². The maximum atomic E-state index is 10.8. The van der Waals surface area contributed by atoms with Gasteiger partial charge in [-0.3, -0.25) is 15.0 Å². The summed E-state index contributed by atoms with van der Waals surface area (Å²) in [6.07, 6.45) is 2.16.